The van der Waals surface area contributed by atoms with Gasteiger partial charge >= 0.3 is 0 Å². The number of nitrogens with zero attached hydrogens (tertiary/aromatic N) is 4. The molecule has 0 aromatic carbocycles. The van der Waals surface area contributed by atoms with E-state index in [1.165, 1.54) is 6.42 Å². The normalized spacial score (nSPS) is 15.8. The molecule has 2 aromatic heterocycles. The minimum atomic E-state index is -0.238. The number of nitrogens with one attached hydrogen (secondary N) is 1. The van der Waals surface area contributed by atoms with E-state index in [1.807, 2.05) is 0 Å². The third-order valence-corrected chi connectivity index (χ3v) is 5.67. The third kappa shape index (κ3) is 6.40. The molecular formula is C23H37N5O3. The van der Waals surface area contributed by atoms with Crippen LogP contribution >= 0.6 is 0 Å². The van der Waals surface area contributed by atoms with Crippen LogP contribution in [0.3, 0.4) is 0 Å². The second kappa shape index (κ2) is 10.9. The highest BCUT2D eigenvalue weighted by Crippen LogP contribution is 2.23. The second-order valence-corrected chi connectivity index (χ2v) is 9.25. The van der Waals surface area contributed by atoms with Crippen molar-refractivity contribution < 1.29 is 13.9 Å². The summed E-state index contributed by atoms with van der Waals surface area (Å²) in [5.74, 6) is 3.62. The number of hydrogen-bond donors (Lipinski definition) is 1. The van der Waals surface area contributed by atoms with Crippen LogP contribution in [0.1, 0.15) is 74.5 Å². The van der Waals surface area contributed by atoms with Crippen molar-refractivity contribution in [3.8, 4) is 0 Å². The van der Waals surface area contributed by atoms with Crippen molar-refractivity contribution in [2.45, 2.75) is 66.2 Å². The summed E-state index contributed by atoms with van der Waals surface area (Å²) < 4.78 is 12.9. The summed E-state index contributed by atoms with van der Waals surface area (Å²) in [6.07, 6.45) is 2.87. The number of rotatable bonds is 10. The van der Waals surface area contributed by atoms with Crippen LogP contribution in [-0.2, 0) is 24.3 Å². The van der Waals surface area contributed by atoms with Gasteiger partial charge in [-0.05, 0) is 43.4 Å². The van der Waals surface area contributed by atoms with Gasteiger partial charge in [-0.25, -0.2) is 0 Å². The highest BCUT2D eigenvalue weighted by Gasteiger charge is 2.27. The van der Waals surface area contributed by atoms with Crippen molar-refractivity contribution in [1.29, 1.82) is 0 Å². The lowest BCUT2D eigenvalue weighted by atomic mass is 10.0. The number of fused-ring (bicyclic) bond motifs is 1. The van der Waals surface area contributed by atoms with E-state index in [0.29, 0.717) is 24.2 Å². The van der Waals surface area contributed by atoms with Crippen LogP contribution in [0.2, 0.25) is 0 Å². The Kier molecular flexibility index (Phi) is 8.26. The average Bonchev–Trinajstić information content (AvgIpc) is 3.29. The molecule has 0 radical (unpaired) electrons. The van der Waals surface area contributed by atoms with Gasteiger partial charge in [0.2, 0.25) is 0 Å². The molecule has 0 bridgehead atoms. The minimum absolute atomic E-state index is 0.216. The predicted octanol–water partition coefficient (Wildman–Crippen LogP) is 3.44. The Hall–Kier alpha value is -2.19. The molecule has 0 spiro atoms. The Balaban J connectivity index is 1.73. The van der Waals surface area contributed by atoms with Gasteiger partial charge in [-0.1, -0.05) is 27.7 Å². The SMILES string of the molecule is COCc1ccc(C(=O)N[C@H](CC(C)C)c2nnc3n2CCN(CCC(C)C)CC3)o1. The van der Waals surface area contributed by atoms with Crippen molar-refractivity contribution in [3.05, 3.63) is 35.3 Å². The monoisotopic (exact) mass is 431 g/mol. The van der Waals surface area contributed by atoms with Gasteiger partial charge < -0.3 is 23.9 Å². The lowest BCUT2D eigenvalue weighted by molar-refractivity contribution is 0.0892. The molecule has 1 amide bonds. The number of carbonyl (C=O) groups excluding carboxylic acids is 1. The van der Waals surface area contributed by atoms with Gasteiger partial charge in [-0.15, -0.1) is 10.2 Å². The van der Waals surface area contributed by atoms with E-state index in [9.17, 15) is 4.79 Å². The Labute approximate surface area is 185 Å². The van der Waals surface area contributed by atoms with E-state index >= 15 is 0 Å². The number of aromatic nitrogens is 3. The van der Waals surface area contributed by atoms with E-state index in [2.05, 4.69) is 52.7 Å². The molecule has 8 heteroatoms. The second-order valence-electron chi connectivity index (χ2n) is 9.25. The molecular weight excluding hydrogens is 394 g/mol. The zero-order valence-electron chi connectivity index (χ0n) is 19.6. The maximum Gasteiger partial charge on any atom is 0.287 e. The molecule has 0 unspecified atom stereocenters. The first-order valence-electron chi connectivity index (χ1n) is 11.4. The quantitative estimate of drug-likeness (QED) is 0.620. The summed E-state index contributed by atoms with van der Waals surface area (Å²) >= 11 is 0. The predicted molar refractivity (Wildman–Crippen MR) is 119 cm³/mol. The van der Waals surface area contributed by atoms with Crippen molar-refractivity contribution >= 4 is 5.91 Å². The summed E-state index contributed by atoms with van der Waals surface area (Å²) in [6.45, 7) is 13.1. The summed E-state index contributed by atoms with van der Waals surface area (Å²) in [5.41, 5.74) is 0. The maximum absolute atomic E-state index is 12.9. The molecule has 1 aliphatic heterocycles. The van der Waals surface area contributed by atoms with Gasteiger partial charge in [0, 0.05) is 33.2 Å². The van der Waals surface area contributed by atoms with Crippen LogP contribution in [0.25, 0.3) is 0 Å². The Bertz CT molecular complexity index is 842. The molecule has 1 atom stereocenters. The smallest absolute Gasteiger partial charge is 0.287 e. The minimum Gasteiger partial charge on any atom is -0.453 e. The van der Waals surface area contributed by atoms with E-state index in [1.54, 1.807) is 19.2 Å². The summed E-state index contributed by atoms with van der Waals surface area (Å²) in [4.78, 5) is 15.4. The fourth-order valence-corrected chi connectivity index (χ4v) is 3.96. The molecule has 172 valence electrons. The zero-order chi connectivity index (χ0) is 22.4. The van der Waals surface area contributed by atoms with Gasteiger partial charge in [0.1, 0.15) is 18.2 Å². The number of amides is 1. The lowest BCUT2D eigenvalue weighted by Crippen LogP contribution is -2.32. The van der Waals surface area contributed by atoms with E-state index < -0.39 is 0 Å². The van der Waals surface area contributed by atoms with Gasteiger partial charge in [0.15, 0.2) is 11.6 Å². The van der Waals surface area contributed by atoms with Gasteiger partial charge in [0.05, 0.1) is 6.04 Å². The molecule has 2 aromatic rings. The number of carbonyl (C=O) groups is 1. The van der Waals surface area contributed by atoms with Crippen LogP contribution < -0.4 is 5.32 Å². The van der Waals surface area contributed by atoms with Crippen LogP contribution in [0.5, 0.6) is 0 Å². The van der Waals surface area contributed by atoms with Crippen LogP contribution in [-0.4, -0.2) is 52.3 Å². The number of methoxy groups -OCH3 is 1. The van der Waals surface area contributed by atoms with Crippen molar-refractivity contribution in [1.82, 2.24) is 25.0 Å². The Morgan fingerprint density at radius 1 is 1.16 bits per heavy atom. The maximum atomic E-state index is 12.9. The molecule has 3 rings (SSSR count). The summed E-state index contributed by atoms with van der Waals surface area (Å²) in [5, 5.41) is 12.1. The molecule has 8 nitrogen and oxygen atoms in total. The number of hydrogen-bond acceptors (Lipinski definition) is 6. The van der Waals surface area contributed by atoms with E-state index in [4.69, 9.17) is 9.15 Å². The van der Waals surface area contributed by atoms with Crippen molar-refractivity contribution in [2.24, 2.45) is 11.8 Å². The summed E-state index contributed by atoms with van der Waals surface area (Å²) in [7, 11) is 1.60. The highest BCUT2D eigenvalue weighted by molar-refractivity contribution is 5.91. The van der Waals surface area contributed by atoms with Gasteiger partial charge in [-0.2, -0.15) is 0 Å². The van der Waals surface area contributed by atoms with Crippen molar-refractivity contribution in [3.63, 3.8) is 0 Å². The molecule has 1 aliphatic rings. The largest absolute Gasteiger partial charge is 0.453 e. The van der Waals surface area contributed by atoms with Gasteiger partial charge in [0.25, 0.3) is 5.91 Å². The van der Waals surface area contributed by atoms with Crippen LogP contribution in [0, 0.1) is 11.8 Å². The van der Waals surface area contributed by atoms with Gasteiger partial charge in [-0.3, -0.25) is 4.79 Å². The van der Waals surface area contributed by atoms with E-state index in [-0.39, 0.29) is 17.7 Å². The Morgan fingerprint density at radius 3 is 2.68 bits per heavy atom. The fraction of sp³-hybridized carbons (Fsp3) is 0.696. The molecule has 1 N–H and O–H groups in total. The molecule has 31 heavy (non-hydrogen) atoms. The number of ether oxygens (including phenoxy) is 1. The van der Waals surface area contributed by atoms with Crippen LogP contribution in [0.15, 0.2) is 16.5 Å². The highest BCUT2D eigenvalue weighted by atomic mass is 16.5. The molecule has 3 heterocycles. The first-order valence-corrected chi connectivity index (χ1v) is 11.4. The summed E-state index contributed by atoms with van der Waals surface area (Å²) in [6, 6.07) is 3.24. The fourth-order valence-electron chi connectivity index (χ4n) is 3.96. The first-order chi connectivity index (χ1) is 14.9. The molecule has 0 saturated heterocycles. The first kappa shape index (κ1) is 23.5. The Morgan fingerprint density at radius 2 is 1.97 bits per heavy atom. The molecule has 0 saturated carbocycles. The average molecular weight is 432 g/mol. The van der Waals surface area contributed by atoms with E-state index in [0.717, 1.165) is 50.7 Å². The van der Waals surface area contributed by atoms with Crippen LogP contribution in [0.4, 0.5) is 0 Å². The van der Waals surface area contributed by atoms with Crippen molar-refractivity contribution in [2.75, 3.05) is 26.7 Å². The molecule has 0 aliphatic carbocycles. The lowest BCUT2D eigenvalue weighted by Gasteiger charge is -2.22. The zero-order valence-corrected chi connectivity index (χ0v) is 19.6. The standard InChI is InChI=1S/C23H37N5O3/c1-16(2)8-10-27-11-9-21-25-26-22(28(21)13-12-27)19(14-17(3)4)24-23(29)20-7-6-18(31-20)15-30-5/h6-7,16-17,19H,8-15H2,1-5H3,(H,24,29)/t19-/m1/s1. The molecule has 0 fully saturated rings. The third-order valence-electron chi connectivity index (χ3n) is 5.67. The number of furan rings is 1. The topological polar surface area (TPSA) is 85.4 Å².